The molecule has 1 aromatic carbocycles. The van der Waals surface area contributed by atoms with Crippen molar-refractivity contribution < 1.29 is 24.9 Å². The molecule has 4 N–H and O–H groups in total. The van der Waals surface area contributed by atoms with Crippen molar-refractivity contribution in [2.75, 3.05) is 13.2 Å². The molecule has 0 radical (unpaired) electrons. The van der Waals surface area contributed by atoms with Gasteiger partial charge in [0.25, 0.3) is 0 Å². The van der Waals surface area contributed by atoms with Crippen molar-refractivity contribution in [2.45, 2.75) is 31.8 Å². The number of hydrogen-bond donors (Lipinski definition) is 4. The second-order valence-corrected chi connectivity index (χ2v) is 4.49. The fourth-order valence-corrected chi connectivity index (χ4v) is 1.83. The second-order valence-electron chi connectivity index (χ2n) is 4.49. The van der Waals surface area contributed by atoms with Gasteiger partial charge < -0.3 is 25.4 Å². The van der Waals surface area contributed by atoms with Crippen molar-refractivity contribution in [3.63, 3.8) is 0 Å². The average Bonchev–Trinajstić information content (AvgIpc) is 2.46. The van der Waals surface area contributed by atoms with E-state index in [-0.39, 0.29) is 19.1 Å². The Morgan fingerprint density at radius 3 is 2.40 bits per heavy atom. The van der Waals surface area contributed by atoms with E-state index >= 15 is 0 Å². The summed E-state index contributed by atoms with van der Waals surface area (Å²) >= 11 is 0. The first-order valence-corrected chi connectivity index (χ1v) is 6.41. The quantitative estimate of drug-likeness (QED) is 0.512. The fraction of sp³-hybridized carbons (Fsp3) is 0.500. The molecule has 1 rings (SSSR count). The van der Waals surface area contributed by atoms with E-state index in [1.807, 2.05) is 30.3 Å². The maximum atomic E-state index is 11.1. The van der Waals surface area contributed by atoms with Crippen LogP contribution >= 0.6 is 0 Å². The minimum Gasteiger partial charge on any atom is -0.394 e. The lowest BCUT2D eigenvalue weighted by atomic mass is 10.1. The molecule has 1 amide bonds. The van der Waals surface area contributed by atoms with Gasteiger partial charge in [-0.05, 0) is 5.56 Å². The maximum absolute atomic E-state index is 11.1. The van der Waals surface area contributed by atoms with Gasteiger partial charge in [-0.25, -0.2) is 0 Å². The molecule has 0 spiro atoms. The molecule has 0 fully saturated rings. The molecule has 6 nitrogen and oxygen atoms in total. The third kappa shape index (κ3) is 5.26. The summed E-state index contributed by atoms with van der Waals surface area (Å²) in [6.45, 7) is 0.619. The molecular formula is C14H21NO5. The first kappa shape index (κ1) is 16.6. The van der Waals surface area contributed by atoms with Gasteiger partial charge >= 0.3 is 0 Å². The summed E-state index contributed by atoms with van der Waals surface area (Å²) in [5.74, 6) is -0.371. The van der Waals surface area contributed by atoms with Crippen LogP contribution in [-0.2, 0) is 16.1 Å². The standard InChI is InChI=1S/C14H21NO5/c1-10(18)15-14(12(19)7-16)13(8-17)20-9-11-5-3-2-4-6-11/h2-6,12-14,16-17,19H,7-9H2,1H3,(H,15,18)/t12-,13+,14+/m1/s1. The Morgan fingerprint density at radius 1 is 1.25 bits per heavy atom. The van der Waals surface area contributed by atoms with Gasteiger partial charge in [0.15, 0.2) is 0 Å². The van der Waals surface area contributed by atoms with Crippen LogP contribution in [0.15, 0.2) is 30.3 Å². The van der Waals surface area contributed by atoms with E-state index in [1.165, 1.54) is 6.92 Å². The largest absolute Gasteiger partial charge is 0.394 e. The van der Waals surface area contributed by atoms with E-state index in [9.17, 15) is 15.0 Å². The van der Waals surface area contributed by atoms with Crippen molar-refractivity contribution in [2.24, 2.45) is 0 Å². The number of aliphatic hydroxyl groups excluding tert-OH is 3. The number of carbonyl (C=O) groups excluding carboxylic acids is 1. The summed E-state index contributed by atoms with van der Waals surface area (Å²) in [5.41, 5.74) is 0.908. The SMILES string of the molecule is CC(=O)N[C@@H]([C@H](O)CO)[C@H](CO)OCc1ccccc1. The molecule has 6 heteroatoms. The van der Waals surface area contributed by atoms with Gasteiger partial charge in [0, 0.05) is 6.92 Å². The average molecular weight is 283 g/mol. The van der Waals surface area contributed by atoms with Crippen LogP contribution in [0.25, 0.3) is 0 Å². The van der Waals surface area contributed by atoms with E-state index in [2.05, 4.69) is 5.32 Å². The number of carbonyl (C=O) groups is 1. The van der Waals surface area contributed by atoms with Gasteiger partial charge in [0.2, 0.25) is 5.91 Å². The molecule has 0 saturated heterocycles. The molecule has 0 aliphatic heterocycles. The highest BCUT2D eigenvalue weighted by atomic mass is 16.5. The maximum Gasteiger partial charge on any atom is 0.217 e. The van der Waals surface area contributed by atoms with E-state index in [0.29, 0.717) is 0 Å². The third-order valence-electron chi connectivity index (χ3n) is 2.86. The number of ether oxygens (including phenoxy) is 1. The summed E-state index contributed by atoms with van der Waals surface area (Å²) < 4.78 is 5.53. The van der Waals surface area contributed by atoms with Crippen molar-refractivity contribution in [3.8, 4) is 0 Å². The molecule has 0 bridgehead atoms. The Hall–Kier alpha value is -1.47. The van der Waals surface area contributed by atoms with Crippen LogP contribution in [0.2, 0.25) is 0 Å². The first-order valence-electron chi connectivity index (χ1n) is 6.41. The van der Waals surface area contributed by atoms with Crippen LogP contribution < -0.4 is 5.32 Å². The van der Waals surface area contributed by atoms with Crippen molar-refractivity contribution in [1.82, 2.24) is 5.32 Å². The van der Waals surface area contributed by atoms with Crippen LogP contribution in [0, 0.1) is 0 Å². The number of rotatable bonds is 8. The van der Waals surface area contributed by atoms with Gasteiger partial charge in [-0.2, -0.15) is 0 Å². The summed E-state index contributed by atoms with van der Waals surface area (Å²) in [6, 6.07) is 8.46. The predicted octanol–water partition coefficient (Wildman–Crippen LogP) is -0.578. The monoisotopic (exact) mass is 283 g/mol. The molecule has 0 aliphatic carbocycles. The highest BCUT2D eigenvalue weighted by Crippen LogP contribution is 2.09. The number of hydrogen-bond acceptors (Lipinski definition) is 5. The summed E-state index contributed by atoms with van der Waals surface area (Å²) in [4.78, 5) is 11.1. The Balaban J connectivity index is 2.67. The lowest BCUT2D eigenvalue weighted by molar-refractivity contribution is -0.124. The van der Waals surface area contributed by atoms with E-state index in [4.69, 9.17) is 9.84 Å². The molecule has 0 saturated carbocycles. The molecule has 0 heterocycles. The van der Waals surface area contributed by atoms with E-state index < -0.39 is 24.9 Å². The number of benzene rings is 1. The third-order valence-corrected chi connectivity index (χ3v) is 2.86. The molecule has 112 valence electrons. The van der Waals surface area contributed by atoms with Crippen LogP contribution in [-0.4, -0.2) is 52.7 Å². The molecule has 0 unspecified atom stereocenters. The second kappa shape index (κ2) is 8.65. The minimum atomic E-state index is -1.20. The molecule has 0 aliphatic rings. The van der Waals surface area contributed by atoms with Crippen LogP contribution in [0.5, 0.6) is 0 Å². The van der Waals surface area contributed by atoms with E-state index in [1.54, 1.807) is 0 Å². The van der Waals surface area contributed by atoms with Crippen molar-refractivity contribution >= 4 is 5.91 Å². The zero-order valence-corrected chi connectivity index (χ0v) is 11.4. The fourth-order valence-electron chi connectivity index (χ4n) is 1.83. The van der Waals surface area contributed by atoms with Gasteiger partial charge in [-0.1, -0.05) is 30.3 Å². The Morgan fingerprint density at radius 2 is 1.90 bits per heavy atom. The van der Waals surface area contributed by atoms with Gasteiger partial charge in [0.05, 0.1) is 32.0 Å². The molecular weight excluding hydrogens is 262 g/mol. The normalized spacial score (nSPS) is 15.4. The van der Waals surface area contributed by atoms with Gasteiger partial charge in [0.1, 0.15) is 6.10 Å². The summed E-state index contributed by atoms with van der Waals surface area (Å²) in [7, 11) is 0. The smallest absolute Gasteiger partial charge is 0.217 e. The predicted molar refractivity (Wildman–Crippen MR) is 72.8 cm³/mol. The number of aliphatic hydroxyl groups is 3. The van der Waals surface area contributed by atoms with Crippen molar-refractivity contribution in [3.05, 3.63) is 35.9 Å². The lowest BCUT2D eigenvalue weighted by Gasteiger charge is -2.29. The Bertz CT molecular complexity index is 398. The van der Waals surface area contributed by atoms with Crippen LogP contribution in [0.3, 0.4) is 0 Å². The minimum absolute atomic E-state index is 0.236. The summed E-state index contributed by atoms with van der Waals surface area (Å²) in [5, 5.41) is 30.6. The van der Waals surface area contributed by atoms with Gasteiger partial charge in [-0.3, -0.25) is 4.79 Å². The van der Waals surface area contributed by atoms with Crippen molar-refractivity contribution in [1.29, 1.82) is 0 Å². The molecule has 20 heavy (non-hydrogen) atoms. The summed E-state index contributed by atoms with van der Waals surface area (Å²) in [6.07, 6.45) is -2.01. The van der Waals surface area contributed by atoms with Gasteiger partial charge in [-0.15, -0.1) is 0 Å². The highest BCUT2D eigenvalue weighted by molar-refractivity contribution is 5.73. The first-order chi connectivity index (χ1) is 9.58. The van der Waals surface area contributed by atoms with E-state index in [0.717, 1.165) is 5.56 Å². The number of amides is 1. The zero-order chi connectivity index (χ0) is 15.0. The van der Waals surface area contributed by atoms with Crippen LogP contribution in [0.1, 0.15) is 12.5 Å². The topological polar surface area (TPSA) is 99.0 Å². The Kier molecular flexibility index (Phi) is 7.17. The lowest BCUT2D eigenvalue weighted by Crippen LogP contribution is -2.53. The highest BCUT2D eigenvalue weighted by Gasteiger charge is 2.29. The van der Waals surface area contributed by atoms with Crippen LogP contribution in [0.4, 0.5) is 0 Å². The molecule has 1 aromatic rings. The zero-order valence-electron chi connectivity index (χ0n) is 11.4. The Labute approximate surface area is 118 Å². The molecule has 3 atom stereocenters. The molecule has 0 aromatic heterocycles. The number of nitrogens with one attached hydrogen (secondary N) is 1.